The normalized spacial score (nSPS) is 16.7. The topological polar surface area (TPSA) is 34.0 Å². The van der Waals surface area contributed by atoms with Gasteiger partial charge in [-0.1, -0.05) is 32.8 Å². The molecule has 0 bridgehead atoms. The highest BCUT2D eigenvalue weighted by Gasteiger charge is 2.22. The first-order valence-corrected chi connectivity index (χ1v) is 7.04. The summed E-state index contributed by atoms with van der Waals surface area (Å²) in [4.78, 5) is 12.6. The van der Waals surface area contributed by atoms with Gasteiger partial charge in [0.2, 0.25) is 0 Å². The quantitative estimate of drug-likeness (QED) is 0.889. The fourth-order valence-electron chi connectivity index (χ4n) is 2.94. The summed E-state index contributed by atoms with van der Waals surface area (Å²) in [5, 5.41) is 3.08. The summed E-state index contributed by atoms with van der Waals surface area (Å²) in [6.07, 6.45) is 4.82. The lowest BCUT2D eigenvalue weighted by Crippen LogP contribution is -2.31. The molecular weight excluding hydrogens is 224 g/mol. The number of nitrogens with zero attached hydrogens (tertiary/aromatic N) is 1. The predicted molar refractivity (Wildman–Crippen MR) is 75.1 cm³/mol. The second kappa shape index (κ2) is 5.70. The molecule has 3 nitrogen and oxygen atoms in total. The minimum Gasteiger partial charge on any atom is -0.315 e. The van der Waals surface area contributed by atoms with E-state index in [1.165, 1.54) is 18.5 Å². The van der Waals surface area contributed by atoms with Crippen molar-refractivity contribution in [1.82, 2.24) is 9.88 Å². The number of hydrogen-bond donors (Lipinski definition) is 1. The van der Waals surface area contributed by atoms with Crippen LogP contribution >= 0.6 is 0 Å². The Morgan fingerprint density at radius 3 is 2.56 bits per heavy atom. The van der Waals surface area contributed by atoms with E-state index in [2.05, 4.69) is 29.8 Å². The Bertz CT molecular complexity index is 456. The monoisotopic (exact) mass is 248 g/mol. The Hall–Kier alpha value is -1.09. The highest BCUT2D eigenvalue weighted by molar-refractivity contribution is 5.19. The molecule has 0 radical (unpaired) electrons. The molecule has 0 spiro atoms. The summed E-state index contributed by atoms with van der Waals surface area (Å²) in [5.41, 5.74) is 2.28. The fraction of sp³-hybridized carbons (Fsp3) is 0.667. The minimum atomic E-state index is 0.211. The van der Waals surface area contributed by atoms with E-state index < -0.39 is 0 Å². The van der Waals surface area contributed by atoms with E-state index in [1.807, 2.05) is 13.1 Å². The third-order valence-corrected chi connectivity index (χ3v) is 3.88. The van der Waals surface area contributed by atoms with Crippen molar-refractivity contribution in [2.45, 2.75) is 58.0 Å². The standard InChI is InChI=1S/C15H24N2O/c1-11(2)14-9-8-12(10-16-3)15(18)17(14)13-6-4-5-7-13/h8-9,11,13,16H,4-7,10H2,1-3H3. The first-order valence-electron chi connectivity index (χ1n) is 7.04. The molecule has 100 valence electrons. The van der Waals surface area contributed by atoms with Crippen LogP contribution in [0.4, 0.5) is 0 Å². The molecule has 1 aromatic rings. The lowest BCUT2D eigenvalue weighted by molar-refractivity contribution is 0.469. The van der Waals surface area contributed by atoms with Gasteiger partial charge in [0.1, 0.15) is 0 Å². The van der Waals surface area contributed by atoms with E-state index in [0.29, 0.717) is 18.5 Å². The van der Waals surface area contributed by atoms with Crippen LogP contribution in [0.1, 0.15) is 62.7 Å². The molecule has 1 heterocycles. The van der Waals surface area contributed by atoms with Crippen molar-refractivity contribution in [3.63, 3.8) is 0 Å². The van der Waals surface area contributed by atoms with Crippen molar-refractivity contribution in [3.05, 3.63) is 33.7 Å². The zero-order chi connectivity index (χ0) is 13.1. The molecule has 0 aromatic carbocycles. The van der Waals surface area contributed by atoms with Gasteiger partial charge in [-0.15, -0.1) is 0 Å². The van der Waals surface area contributed by atoms with Crippen LogP contribution in [-0.2, 0) is 6.54 Å². The zero-order valence-electron chi connectivity index (χ0n) is 11.7. The zero-order valence-corrected chi connectivity index (χ0v) is 11.7. The highest BCUT2D eigenvalue weighted by Crippen LogP contribution is 2.31. The average molecular weight is 248 g/mol. The smallest absolute Gasteiger partial charge is 0.255 e. The van der Waals surface area contributed by atoms with Crippen LogP contribution in [0.15, 0.2) is 16.9 Å². The van der Waals surface area contributed by atoms with Gasteiger partial charge in [0.25, 0.3) is 5.56 Å². The van der Waals surface area contributed by atoms with Crippen molar-refractivity contribution in [3.8, 4) is 0 Å². The molecule has 1 aromatic heterocycles. The van der Waals surface area contributed by atoms with Gasteiger partial charge in [-0.05, 0) is 31.9 Å². The SMILES string of the molecule is CNCc1ccc(C(C)C)n(C2CCCC2)c1=O. The van der Waals surface area contributed by atoms with Crippen molar-refractivity contribution in [1.29, 1.82) is 0 Å². The van der Waals surface area contributed by atoms with Crippen LogP contribution < -0.4 is 10.9 Å². The third kappa shape index (κ3) is 2.51. The maximum absolute atomic E-state index is 12.6. The summed E-state index contributed by atoms with van der Waals surface area (Å²) in [6, 6.07) is 4.54. The van der Waals surface area contributed by atoms with Crippen LogP contribution in [0.5, 0.6) is 0 Å². The maximum Gasteiger partial charge on any atom is 0.255 e. The van der Waals surface area contributed by atoms with E-state index in [1.54, 1.807) is 0 Å². The van der Waals surface area contributed by atoms with Gasteiger partial charge in [-0.25, -0.2) is 0 Å². The van der Waals surface area contributed by atoms with Crippen molar-refractivity contribution in [2.75, 3.05) is 7.05 Å². The van der Waals surface area contributed by atoms with Crippen LogP contribution in [0.2, 0.25) is 0 Å². The maximum atomic E-state index is 12.6. The summed E-state index contributed by atoms with van der Waals surface area (Å²) in [6.45, 7) is 4.99. The molecule has 2 rings (SSSR count). The summed E-state index contributed by atoms with van der Waals surface area (Å²) in [5.74, 6) is 0.405. The molecule has 0 saturated heterocycles. The summed E-state index contributed by atoms with van der Waals surface area (Å²) in [7, 11) is 1.88. The Balaban J connectivity index is 2.49. The fourth-order valence-corrected chi connectivity index (χ4v) is 2.94. The molecule has 1 fully saturated rings. The van der Waals surface area contributed by atoms with Gasteiger partial charge in [-0.3, -0.25) is 4.79 Å². The Kier molecular flexibility index (Phi) is 4.23. The Morgan fingerprint density at radius 2 is 2.00 bits per heavy atom. The molecule has 1 aliphatic rings. The average Bonchev–Trinajstić information content (AvgIpc) is 2.84. The van der Waals surface area contributed by atoms with Gasteiger partial charge < -0.3 is 9.88 Å². The van der Waals surface area contributed by atoms with Gasteiger partial charge in [-0.2, -0.15) is 0 Å². The van der Waals surface area contributed by atoms with Crippen molar-refractivity contribution >= 4 is 0 Å². The van der Waals surface area contributed by atoms with Crippen molar-refractivity contribution in [2.24, 2.45) is 0 Å². The molecule has 0 aliphatic heterocycles. The third-order valence-electron chi connectivity index (χ3n) is 3.88. The van der Waals surface area contributed by atoms with Crippen LogP contribution in [0, 0.1) is 0 Å². The second-order valence-corrected chi connectivity index (χ2v) is 5.58. The molecule has 0 atom stereocenters. The number of nitrogens with one attached hydrogen (secondary N) is 1. The van der Waals surface area contributed by atoms with Gasteiger partial charge in [0, 0.05) is 23.8 Å². The van der Waals surface area contributed by atoms with Gasteiger partial charge in [0.05, 0.1) is 0 Å². The van der Waals surface area contributed by atoms with Gasteiger partial charge in [0.15, 0.2) is 0 Å². The van der Waals surface area contributed by atoms with Crippen LogP contribution in [0.3, 0.4) is 0 Å². The summed E-state index contributed by atoms with van der Waals surface area (Å²) >= 11 is 0. The Morgan fingerprint density at radius 1 is 1.33 bits per heavy atom. The van der Waals surface area contributed by atoms with E-state index >= 15 is 0 Å². The first-order chi connectivity index (χ1) is 8.65. The van der Waals surface area contributed by atoms with E-state index in [4.69, 9.17) is 0 Å². The first kappa shape index (κ1) is 13.3. The Labute approximate surface area is 109 Å². The molecule has 18 heavy (non-hydrogen) atoms. The number of aromatic nitrogens is 1. The molecular formula is C15H24N2O. The number of hydrogen-bond acceptors (Lipinski definition) is 2. The van der Waals surface area contributed by atoms with Crippen LogP contribution in [0.25, 0.3) is 0 Å². The molecule has 1 saturated carbocycles. The minimum absolute atomic E-state index is 0.211. The second-order valence-electron chi connectivity index (χ2n) is 5.58. The lowest BCUT2D eigenvalue weighted by Gasteiger charge is -2.22. The highest BCUT2D eigenvalue weighted by atomic mass is 16.1. The molecule has 0 amide bonds. The van der Waals surface area contributed by atoms with Gasteiger partial charge >= 0.3 is 0 Å². The van der Waals surface area contributed by atoms with E-state index in [-0.39, 0.29) is 5.56 Å². The molecule has 3 heteroatoms. The predicted octanol–water partition coefficient (Wildman–Crippen LogP) is 2.81. The van der Waals surface area contributed by atoms with Crippen molar-refractivity contribution < 1.29 is 0 Å². The lowest BCUT2D eigenvalue weighted by atomic mass is 10.1. The van der Waals surface area contributed by atoms with E-state index in [0.717, 1.165) is 18.4 Å². The largest absolute Gasteiger partial charge is 0.315 e. The number of rotatable bonds is 4. The number of pyridine rings is 1. The van der Waals surface area contributed by atoms with Crippen LogP contribution in [-0.4, -0.2) is 11.6 Å². The summed E-state index contributed by atoms with van der Waals surface area (Å²) < 4.78 is 2.07. The molecule has 1 aliphatic carbocycles. The molecule has 1 N–H and O–H groups in total. The molecule has 0 unspecified atom stereocenters. The van der Waals surface area contributed by atoms with E-state index in [9.17, 15) is 4.79 Å².